The van der Waals surface area contributed by atoms with Crippen molar-refractivity contribution in [1.29, 1.82) is 0 Å². The van der Waals surface area contributed by atoms with Gasteiger partial charge in [-0.15, -0.1) is 18.3 Å². The van der Waals surface area contributed by atoms with E-state index in [4.69, 9.17) is 0 Å². The summed E-state index contributed by atoms with van der Waals surface area (Å²) in [5, 5.41) is 8.49. The second kappa shape index (κ2) is 13.8. The van der Waals surface area contributed by atoms with Crippen molar-refractivity contribution in [3.63, 3.8) is 0 Å². The molecular weight excluding hydrogens is 625 g/mol. The molecule has 1 saturated heterocycles. The van der Waals surface area contributed by atoms with Crippen molar-refractivity contribution in [3.05, 3.63) is 89.7 Å². The van der Waals surface area contributed by atoms with Crippen molar-refractivity contribution in [2.75, 3.05) is 17.2 Å². The van der Waals surface area contributed by atoms with Gasteiger partial charge in [0.2, 0.25) is 0 Å². The largest absolute Gasteiger partial charge is 0.573 e. The number of anilines is 1. The fourth-order valence-corrected chi connectivity index (χ4v) is 7.22. The summed E-state index contributed by atoms with van der Waals surface area (Å²) in [5.74, 6) is 1.58. The standard InChI is InChI=1S/C35H37F3N6O2S/c1-22(2)28-17-8-23(3)20-31(28)43-18-19-47-34(43)41-33(45)40-30-7-5-4-6-29(30)24-9-11-25(12-10-24)32-39-21-44(42-32)26-13-15-27(16-14-26)46-35(36,37)38/h8-17,20-22,29-30H,4-7,18-19H2,1-3H3,(H,40,45)/b41-34-. The zero-order chi connectivity index (χ0) is 33.1. The van der Waals surface area contributed by atoms with Crippen LogP contribution >= 0.6 is 11.8 Å². The molecule has 2 heterocycles. The van der Waals surface area contributed by atoms with E-state index in [-0.39, 0.29) is 23.7 Å². The lowest BCUT2D eigenvalue weighted by atomic mass is 9.80. The second-order valence-electron chi connectivity index (χ2n) is 12.2. The van der Waals surface area contributed by atoms with Gasteiger partial charge in [0.25, 0.3) is 0 Å². The molecule has 4 aromatic rings. The van der Waals surface area contributed by atoms with Crippen LogP contribution in [0.2, 0.25) is 0 Å². The fourth-order valence-electron chi connectivity index (χ4n) is 6.27. The van der Waals surface area contributed by atoms with Crippen molar-refractivity contribution in [2.24, 2.45) is 4.99 Å². The first-order valence-electron chi connectivity index (χ1n) is 15.8. The molecule has 8 nitrogen and oxygen atoms in total. The van der Waals surface area contributed by atoms with E-state index in [1.807, 2.05) is 12.1 Å². The molecule has 3 aromatic carbocycles. The molecule has 0 spiro atoms. The fraction of sp³-hybridized carbons (Fsp3) is 0.371. The van der Waals surface area contributed by atoms with E-state index in [1.54, 1.807) is 11.8 Å². The minimum atomic E-state index is -4.75. The van der Waals surface area contributed by atoms with Crippen LogP contribution in [0.15, 0.2) is 78.0 Å². The average molecular weight is 663 g/mol. The minimum absolute atomic E-state index is 0.0295. The van der Waals surface area contributed by atoms with Gasteiger partial charge in [0.1, 0.15) is 12.1 Å². The van der Waals surface area contributed by atoms with Gasteiger partial charge in [0.15, 0.2) is 11.0 Å². The number of alkyl halides is 3. The monoisotopic (exact) mass is 662 g/mol. The van der Waals surface area contributed by atoms with Crippen LogP contribution in [-0.2, 0) is 0 Å². The summed E-state index contributed by atoms with van der Waals surface area (Å²) in [5.41, 5.74) is 6.04. The summed E-state index contributed by atoms with van der Waals surface area (Å²) in [6.45, 7) is 7.27. The van der Waals surface area contributed by atoms with E-state index >= 15 is 0 Å². The Bertz CT molecular complexity index is 1740. The number of halogens is 3. The number of urea groups is 1. The number of thioether (sulfide) groups is 1. The van der Waals surface area contributed by atoms with Gasteiger partial charge in [-0.2, -0.15) is 4.99 Å². The van der Waals surface area contributed by atoms with E-state index in [0.717, 1.165) is 60.0 Å². The molecule has 6 rings (SSSR count). The molecule has 1 N–H and O–H groups in total. The highest BCUT2D eigenvalue weighted by molar-refractivity contribution is 8.14. The third kappa shape index (κ3) is 7.81. The SMILES string of the molecule is Cc1ccc(C(C)C)c(N2CCS/C2=N\C(=O)NC2CCCCC2c2ccc(-c3ncn(-c4ccc(OC(F)(F)F)cc4)n3)cc2)c1. The van der Waals surface area contributed by atoms with Gasteiger partial charge in [-0.3, -0.25) is 0 Å². The Balaban J connectivity index is 1.13. The number of hydrogen-bond donors (Lipinski definition) is 1. The zero-order valence-corrected chi connectivity index (χ0v) is 27.3. The minimum Gasteiger partial charge on any atom is -0.406 e. The second-order valence-corrected chi connectivity index (χ2v) is 13.3. The van der Waals surface area contributed by atoms with Gasteiger partial charge in [-0.25, -0.2) is 14.5 Å². The van der Waals surface area contributed by atoms with Gasteiger partial charge < -0.3 is 15.0 Å². The summed E-state index contributed by atoms with van der Waals surface area (Å²) in [4.78, 5) is 24.5. The summed E-state index contributed by atoms with van der Waals surface area (Å²) < 4.78 is 42.9. The number of hydrogen-bond acceptors (Lipinski definition) is 5. The number of aliphatic imine (C=N–C) groups is 1. The molecule has 2 atom stereocenters. The van der Waals surface area contributed by atoms with Crippen molar-refractivity contribution in [1.82, 2.24) is 20.1 Å². The molecule has 2 fully saturated rings. The number of ether oxygens (including phenoxy) is 1. The molecule has 1 aliphatic carbocycles. The number of nitrogens with one attached hydrogen (secondary N) is 1. The first-order chi connectivity index (χ1) is 22.5. The number of amides is 2. The summed E-state index contributed by atoms with van der Waals surface area (Å²) in [7, 11) is 0. The van der Waals surface area contributed by atoms with Gasteiger partial charge in [-0.1, -0.05) is 74.8 Å². The van der Waals surface area contributed by atoms with E-state index in [0.29, 0.717) is 17.4 Å². The molecule has 0 radical (unpaired) electrons. The van der Waals surface area contributed by atoms with Crippen LogP contribution in [0.4, 0.5) is 23.7 Å². The first kappa shape index (κ1) is 32.6. The molecule has 1 aromatic heterocycles. The average Bonchev–Trinajstić information content (AvgIpc) is 3.71. The Morgan fingerprint density at radius 3 is 2.51 bits per heavy atom. The molecule has 1 saturated carbocycles. The van der Waals surface area contributed by atoms with Crippen molar-refractivity contribution >= 4 is 28.6 Å². The number of carbonyl (C=O) groups is 1. The Hall–Kier alpha value is -4.32. The molecule has 47 heavy (non-hydrogen) atoms. The van der Waals surface area contributed by atoms with Crippen LogP contribution in [0, 0.1) is 6.92 Å². The quantitative estimate of drug-likeness (QED) is 0.213. The highest BCUT2D eigenvalue weighted by atomic mass is 32.2. The number of amidine groups is 1. The summed E-state index contributed by atoms with van der Waals surface area (Å²) >= 11 is 1.62. The topological polar surface area (TPSA) is 84.6 Å². The maximum atomic E-state index is 13.3. The lowest BCUT2D eigenvalue weighted by Gasteiger charge is -2.32. The Labute approximate surface area is 276 Å². The summed E-state index contributed by atoms with van der Waals surface area (Å²) in [6, 6.07) is 19.6. The molecule has 0 bridgehead atoms. The molecular formula is C35H37F3N6O2S. The predicted octanol–water partition coefficient (Wildman–Crippen LogP) is 8.61. The van der Waals surface area contributed by atoms with Crippen molar-refractivity contribution < 1.29 is 22.7 Å². The van der Waals surface area contributed by atoms with Crippen LogP contribution in [-0.4, -0.2) is 50.7 Å². The Morgan fingerprint density at radius 1 is 1.04 bits per heavy atom. The molecule has 2 aliphatic rings. The van der Waals surface area contributed by atoms with Gasteiger partial charge in [-0.05, 0) is 72.7 Å². The molecule has 12 heteroatoms. The highest BCUT2D eigenvalue weighted by Crippen LogP contribution is 2.36. The number of carbonyl (C=O) groups excluding carboxylic acids is 1. The van der Waals surface area contributed by atoms with Gasteiger partial charge in [0.05, 0.1) is 5.69 Å². The Kier molecular flexibility index (Phi) is 9.58. The normalized spacial score (nSPS) is 19.4. The zero-order valence-electron chi connectivity index (χ0n) is 26.5. The molecule has 246 valence electrons. The first-order valence-corrected chi connectivity index (χ1v) is 16.8. The molecule has 1 aliphatic heterocycles. The lowest BCUT2D eigenvalue weighted by Crippen LogP contribution is -2.40. The highest BCUT2D eigenvalue weighted by Gasteiger charge is 2.31. The Morgan fingerprint density at radius 2 is 1.79 bits per heavy atom. The van der Waals surface area contributed by atoms with E-state index < -0.39 is 6.36 Å². The number of nitrogens with zero attached hydrogens (tertiary/aromatic N) is 5. The van der Waals surface area contributed by atoms with Gasteiger partial charge in [0, 0.05) is 35.5 Å². The third-order valence-electron chi connectivity index (χ3n) is 8.57. The number of rotatable bonds is 7. The summed E-state index contributed by atoms with van der Waals surface area (Å²) in [6.07, 6.45) is 0.743. The third-order valence-corrected chi connectivity index (χ3v) is 9.53. The predicted molar refractivity (Wildman–Crippen MR) is 180 cm³/mol. The maximum absolute atomic E-state index is 13.3. The lowest BCUT2D eigenvalue weighted by molar-refractivity contribution is -0.274. The van der Waals surface area contributed by atoms with Crippen LogP contribution in [0.5, 0.6) is 5.75 Å². The van der Waals surface area contributed by atoms with Crippen LogP contribution in [0.3, 0.4) is 0 Å². The van der Waals surface area contributed by atoms with E-state index in [9.17, 15) is 18.0 Å². The molecule has 2 amide bonds. The van der Waals surface area contributed by atoms with Crippen molar-refractivity contribution in [2.45, 2.75) is 70.7 Å². The maximum Gasteiger partial charge on any atom is 0.573 e. The van der Waals surface area contributed by atoms with Crippen LogP contribution < -0.4 is 15.0 Å². The van der Waals surface area contributed by atoms with Crippen molar-refractivity contribution in [3.8, 4) is 22.8 Å². The smallest absolute Gasteiger partial charge is 0.406 e. The van der Waals surface area contributed by atoms with Crippen LogP contribution in [0.1, 0.15) is 68.1 Å². The number of aryl methyl sites for hydroxylation is 1. The van der Waals surface area contributed by atoms with Crippen LogP contribution in [0.25, 0.3) is 17.1 Å². The number of aromatic nitrogens is 3. The number of benzene rings is 3. The van der Waals surface area contributed by atoms with E-state index in [1.165, 1.54) is 46.4 Å². The van der Waals surface area contributed by atoms with Gasteiger partial charge >= 0.3 is 12.4 Å². The van der Waals surface area contributed by atoms with E-state index in [2.05, 4.69) is 81.1 Å². The molecule has 2 unspecified atom stereocenters.